The molecular weight excluding hydrogens is 474 g/mol. The molecule has 1 heterocycles. The second kappa shape index (κ2) is 12.2. The Morgan fingerprint density at radius 3 is 2.22 bits per heavy atom. The highest BCUT2D eigenvalue weighted by molar-refractivity contribution is 6.74. The van der Waals surface area contributed by atoms with Crippen LogP contribution in [0.3, 0.4) is 0 Å². The van der Waals surface area contributed by atoms with Crippen LogP contribution in [0.5, 0.6) is 0 Å². The predicted octanol–water partition coefficient (Wildman–Crippen LogP) is 5.48. The summed E-state index contributed by atoms with van der Waals surface area (Å²) in [7, 11) is -2.26. The van der Waals surface area contributed by atoms with Gasteiger partial charge in [0.05, 0.1) is 18.9 Å². The quantitative estimate of drug-likeness (QED) is 0.316. The van der Waals surface area contributed by atoms with Crippen LogP contribution in [0, 0.1) is 5.92 Å². The van der Waals surface area contributed by atoms with Crippen molar-refractivity contribution in [3.63, 3.8) is 0 Å². The minimum absolute atomic E-state index is 0.0346. The van der Waals surface area contributed by atoms with E-state index in [1.807, 2.05) is 42.5 Å². The van der Waals surface area contributed by atoms with Gasteiger partial charge in [-0.1, -0.05) is 63.3 Å². The second-order valence-electron chi connectivity index (χ2n) is 11.9. The first-order valence-electron chi connectivity index (χ1n) is 12.7. The molecule has 7 nitrogen and oxygen atoms in total. The average Bonchev–Trinajstić information content (AvgIpc) is 2.75. The molecule has 0 aromatic heterocycles. The van der Waals surface area contributed by atoms with Crippen LogP contribution in [0.4, 0.5) is 0 Å². The third-order valence-electron chi connectivity index (χ3n) is 6.54. The van der Waals surface area contributed by atoms with Crippen molar-refractivity contribution < 1.29 is 28.3 Å². The van der Waals surface area contributed by atoms with Crippen LogP contribution >= 0.6 is 0 Å². The molecule has 0 aliphatic carbocycles. The normalized spacial score (nSPS) is 23.5. The van der Waals surface area contributed by atoms with Gasteiger partial charge in [0, 0.05) is 6.42 Å². The van der Waals surface area contributed by atoms with E-state index in [1.54, 1.807) is 20.8 Å². The summed E-state index contributed by atoms with van der Waals surface area (Å²) < 4.78 is 17.8. The molecule has 0 fully saturated rings. The zero-order valence-corrected chi connectivity index (χ0v) is 24.1. The number of allylic oxidation sites excluding steroid dienone is 1. The molecule has 1 aromatic carbocycles. The second-order valence-corrected chi connectivity index (χ2v) is 16.6. The predicted molar refractivity (Wildman–Crippen MR) is 143 cm³/mol. The number of benzene rings is 1. The summed E-state index contributed by atoms with van der Waals surface area (Å²) in [5, 5.41) is 2.81. The zero-order valence-electron chi connectivity index (χ0n) is 23.1. The van der Waals surface area contributed by atoms with Crippen molar-refractivity contribution in [1.82, 2.24) is 5.32 Å². The number of amides is 1. The Balaban J connectivity index is 2.33. The number of nitrogens with one attached hydrogen (secondary N) is 1. The highest BCUT2D eigenvalue weighted by atomic mass is 28.4. The molecular formula is C28H43NO6Si. The highest BCUT2D eigenvalue weighted by Gasteiger charge is 2.41. The summed E-state index contributed by atoms with van der Waals surface area (Å²) in [6.07, 6.45) is 2.88. The Hall–Kier alpha value is -2.45. The van der Waals surface area contributed by atoms with Gasteiger partial charge in [-0.2, -0.15) is 0 Å². The minimum Gasteiger partial charge on any atom is -0.460 e. The molecule has 0 radical (unpaired) electrons. The van der Waals surface area contributed by atoms with E-state index in [0.717, 1.165) is 5.56 Å². The van der Waals surface area contributed by atoms with Crippen LogP contribution in [-0.4, -0.2) is 44.4 Å². The maximum atomic E-state index is 13.3. The van der Waals surface area contributed by atoms with Gasteiger partial charge < -0.3 is 19.2 Å². The van der Waals surface area contributed by atoms with E-state index in [1.165, 1.54) is 0 Å². The van der Waals surface area contributed by atoms with Crippen molar-refractivity contribution in [2.75, 3.05) is 6.54 Å². The Morgan fingerprint density at radius 2 is 1.64 bits per heavy atom. The summed E-state index contributed by atoms with van der Waals surface area (Å²) in [6, 6.07) is 9.32. The SMILES string of the molecule is CC(C)(C)OC(=O)C[C@@H]1C/C=C/C[C@H](O[Si](C)(C)C(C)(C)C)C(=O)O[C@H](c2ccccc2)CNC1=O. The number of ether oxygens (including phenoxy) is 2. The molecule has 3 atom stereocenters. The monoisotopic (exact) mass is 517 g/mol. The van der Waals surface area contributed by atoms with Crippen LogP contribution < -0.4 is 5.32 Å². The lowest BCUT2D eigenvalue weighted by atomic mass is 9.98. The molecule has 0 unspecified atom stereocenters. The first-order valence-corrected chi connectivity index (χ1v) is 15.6. The van der Waals surface area contributed by atoms with E-state index in [4.69, 9.17) is 13.9 Å². The number of esters is 2. The maximum Gasteiger partial charge on any atom is 0.335 e. The molecule has 200 valence electrons. The molecule has 0 bridgehead atoms. The van der Waals surface area contributed by atoms with Gasteiger partial charge in [-0.05, 0) is 50.9 Å². The van der Waals surface area contributed by atoms with Crippen molar-refractivity contribution >= 4 is 26.2 Å². The lowest BCUT2D eigenvalue weighted by Gasteiger charge is -2.38. The first kappa shape index (κ1) is 29.8. The Morgan fingerprint density at radius 1 is 1.03 bits per heavy atom. The van der Waals surface area contributed by atoms with E-state index in [9.17, 15) is 14.4 Å². The number of hydrogen-bond acceptors (Lipinski definition) is 6. The van der Waals surface area contributed by atoms with Crippen molar-refractivity contribution in [2.45, 2.75) is 96.7 Å². The molecule has 0 saturated carbocycles. The van der Waals surface area contributed by atoms with Gasteiger partial charge in [-0.15, -0.1) is 0 Å². The highest BCUT2D eigenvalue weighted by Crippen LogP contribution is 2.38. The molecule has 2 rings (SSSR count). The van der Waals surface area contributed by atoms with Crippen molar-refractivity contribution in [3.05, 3.63) is 48.0 Å². The van der Waals surface area contributed by atoms with Crippen LogP contribution in [0.15, 0.2) is 42.5 Å². The summed E-state index contributed by atoms with van der Waals surface area (Å²) in [6.45, 7) is 16.1. The molecule has 36 heavy (non-hydrogen) atoms. The summed E-state index contributed by atoms with van der Waals surface area (Å²) in [5.74, 6) is -1.74. The van der Waals surface area contributed by atoms with Crippen molar-refractivity contribution in [3.8, 4) is 0 Å². The topological polar surface area (TPSA) is 90.9 Å². The van der Waals surface area contributed by atoms with Gasteiger partial charge in [-0.25, -0.2) is 4.79 Å². The van der Waals surface area contributed by atoms with Gasteiger partial charge in [0.25, 0.3) is 0 Å². The fraction of sp³-hybridized carbons (Fsp3) is 0.607. The average molecular weight is 518 g/mol. The fourth-order valence-corrected chi connectivity index (χ4v) is 4.78. The molecule has 0 spiro atoms. The van der Waals surface area contributed by atoms with Gasteiger partial charge in [0.1, 0.15) is 17.8 Å². The van der Waals surface area contributed by atoms with Crippen LogP contribution in [0.1, 0.15) is 72.5 Å². The van der Waals surface area contributed by atoms with E-state index >= 15 is 0 Å². The summed E-state index contributed by atoms with van der Waals surface area (Å²) in [4.78, 5) is 38.8. The molecule has 1 aliphatic rings. The standard InChI is InChI=1S/C28H43NO6Si/c1-27(2,3)34-24(30)18-21-16-12-13-17-22(35-36(7,8)28(4,5)6)26(32)33-23(19-29-25(21)31)20-14-10-9-11-15-20/h9-15,21-23H,16-19H2,1-8H3,(H,29,31)/b13-12+/t21-,22-,23-/m0/s1. The summed E-state index contributed by atoms with van der Waals surface area (Å²) in [5.41, 5.74) is 0.143. The van der Waals surface area contributed by atoms with E-state index in [2.05, 4.69) is 39.2 Å². The maximum absolute atomic E-state index is 13.3. The number of hydrogen-bond donors (Lipinski definition) is 1. The van der Waals surface area contributed by atoms with Gasteiger partial charge in [-0.3, -0.25) is 9.59 Å². The van der Waals surface area contributed by atoms with Crippen LogP contribution in [0.2, 0.25) is 18.1 Å². The Kier molecular flexibility index (Phi) is 10.1. The molecule has 1 aromatic rings. The summed E-state index contributed by atoms with van der Waals surface area (Å²) >= 11 is 0. The van der Waals surface area contributed by atoms with Crippen LogP contribution in [0.25, 0.3) is 0 Å². The van der Waals surface area contributed by atoms with Gasteiger partial charge in [0.15, 0.2) is 8.32 Å². The molecule has 1 N–H and O–H groups in total. The first-order chi connectivity index (χ1) is 16.6. The Bertz CT molecular complexity index is 930. The van der Waals surface area contributed by atoms with Crippen molar-refractivity contribution in [1.29, 1.82) is 0 Å². The number of cyclic esters (lactones) is 1. The largest absolute Gasteiger partial charge is 0.460 e. The molecule has 0 saturated heterocycles. The minimum atomic E-state index is -2.26. The van der Waals surface area contributed by atoms with E-state index in [0.29, 0.717) is 12.8 Å². The fourth-order valence-electron chi connectivity index (χ4n) is 3.52. The number of carbonyl (C=O) groups is 3. The lowest BCUT2D eigenvalue weighted by Crippen LogP contribution is -2.47. The van der Waals surface area contributed by atoms with E-state index in [-0.39, 0.29) is 23.9 Å². The Labute approximate surface area is 217 Å². The van der Waals surface area contributed by atoms with Crippen LogP contribution in [-0.2, 0) is 28.3 Å². The molecule has 1 aliphatic heterocycles. The van der Waals surface area contributed by atoms with E-state index < -0.39 is 44.0 Å². The molecule has 8 heteroatoms. The number of carbonyl (C=O) groups excluding carboxylic acids is 3. The molecule has 1 amide bonds. The smallest absolute Gasteiger partial charge is 0.335 e. The van der Waals surface area contributed by atoms with Gasteiger partial charge >= 0.3 is 11.9 Å². The third-order valence-corrected chi connectivity index (χ3v) is 11.0. The van der Waals surface area contributed by atoms with Gasteiger partial charge in [0.2, 0.25) is 5.91 Å². The van der Waals surface area contributed by atoms with Crippen molar-refractivity contribution in [2.24, 2.45) is 5.92 Å². The number of rotatable bonds is 5. The lowest BCUT2D eigenvalue weighted by molar-refractivity contribution is -0.159. The zero-order chi connectivity index (χ0) is 27.1. The third kappa shape index (κ3) is 9.21.